The highest BCUT2D eigenvalue weighted by Crippen LogP contribution is 2.36. The Morgan fingerprint density at radius 2 is 1.75 bits per heavy atom. The molecule has 232 valence electrons. The van der Waals surface area contributed by atoms with Gasteiger partial charge in [0.1, 0.15) is 5.82 Å². The summed E-state index contributed by atoms with van der Waals surface area (Å²) < 4.78 is 3.60. The molecule has 3 atom stereocenters. The molecule has 3 N–H and O–H groups in total. The summed E-state index contributed by atoms with van der Waals surface area (Å²) in [5, 5.41) is 15.0. The number of carbonyl (C=O) groups is 1. The summed E-state index contributed by atoms with van der Waals surface area (Å²) in [4.78, 5) is 31.6. The first kappa shape index (κ1) is 29.9. The lowest BCUT2D eigenvalue weighted by Crippen LogP contribution is -2.38. The van der Waals surface area contributed by atoms with Gasteiger partial charge < -0.3 is 15.5 Å². The molecular weight excluding hydrogens is 552 g/mol. The highest BCUT2D eigenvalue weighted by molar-refractivity contribution is 5.94. The monoisotopic (exact) mass is 596 g/mol. The SMILES string of the molecule is CC1=C(C)C(C)n2nc([C@@H]3CCCCN3C(=O)c3ccccc3)cc2N1.Cc1nc2cc([C@@H]3CCCCN3)[nH]n2c(=O)c1C. The highest BCUT2D eigenvalue weighted by atomic mass is 16.2. The van der Waals surface area contributed by atoms with Crippen molar-refractivity contribution in [2.75, 3.05) is 18.4 Å². The smallest absolute Gasteiger partial charge is 0.275 e. The molecule has 2 fully saturated rings. The molecule has 44 heavy (non-hydrogen) atoms. The highest BCUT2D eigenvalue weighted by Gasteiger charge is 2.32. The van der Waals surface area contributed by atoms with Crippen LogP contribution in [0.1, 0.15) is 110 Å². The molecule has 0 saturated carbocycles. The van der Waals surface area contributed by atoms with Crippen LogP contribution in [0.5, 0.6) is 0 Å². The van der Waals surface area contributed by atoms with Crippen LogP contribution >= 0.6 is 0 Å². The number of piperidine rings is 2. The van der Waals surface area contributed by atoms with Gasteiger partial charge in [0.2, 0.25) is 0 Å². The molecule has 3 aromatic heterocycles. The van der Waals surface area contributed by atoms with Crippen LogP contribution in [0.15, 0.2) is 58.5 Å². The van der Waals surface area contributed by atoms with E-state index in [9.17, 15) is 9.59 Å². The van der Waals surface area contributed by atoms with Crippen molar-refractivity contribution < 1.29 is 4.79 Å². The maximum absolute atomic E-state index is 13.1. The third-order valence-corrected chi connectivity index (χ3v) is 9.57. The minimum atomic E-state index is -0.000408. The lowest BCUT2D eigenvalue weighted by molar-refractivity contribution is 0.0605. The molecule has 10 heteroatoms. The van der Waals surface area contributed by atoms with Gasteiger partial charge in [-0.15, -0.1) is 0 Å². The van der Waals surface area contributed by atoms with Crippen molar-refractivity contribution in [1.82, 2.24) is 34.6 Å². The molecular formula is C34H44N8O2. The number of aromatic amines is 1. The second kappa shape index (κ2) is 12.4. The Morgan fingerprint density at radius 1 is 0.977 bits per heavy atom. The molecule has 3 aliphatic rings. The first-order valence-corrected chi connectivity index (χ1v) is 15.9. The molecule has 1 unspecified atom stereocenters. The van der Waals surface area contributed by atoms with Gasteiger partial charge >= 0.3 is 0 Å². The predicted molar refractivity (Wildman–Crippen MR) is 173 cm³/mol. The summed E-state index contributed by atoms with van der Waals surface area (Å²) in [6.07, 6.45) is 6.72. The maximum atomic E-state index is 13.1. The minimum absolute atomic E-state index is 0.000408. The van der Waals surface area contributed by atoms with E-state index >= 15 is 0 Å². The average molecular weight is 597 g/mol. The molecule has 3 aliphatic heterocycles. The number of aromatic nitrogens is 5. The molecule has 0 aliphatic carbocycles. The number of nitrogens with one attached hydrogen (secondary N) is 3. The van der Waals surface area contributed by atoms with E-state index < -0.39 is 0 Å². The molecule has 10 nitrogen and oxygen atoms in total. The van der Waals surface area contributed by atoms with Gasteiger partial charge in [0.05, 0.1) is 23.5 Å². The van der Waals surface area contributed by atoms with Gasteiger partial charge in [0, 0.05) is 47.2 Å². The largest absolute Gasteiger partial charge is 0.344 e. The lowest BCUT2D eigenvalue weighted by atomic mass is 9.98. The molecule has 1 aromatic carbocycles. The van der Waals surface area contributed by atoms with Crippen molar-refractivity contribution in [2.45, 2.75) is 91.3 Å². The van der Waals surface area contributed by atoms with Crippen molar-refractivity contribution in [3.8, 4) is 0 Å². The fourth-order valence-electron chi connectivity index (χ4n) is 6.51. The van der Waals surface area contributed by atoms with Crippen LogP contribution in [-0.2, 0) is 0 Å². The number of fused-ring (bicyclic) bond motifs is 2. The van der Waals surface area contributed by atoms with Crippen molar-refractivity contribution in [2.24, 2.45) is 0 Å². The van der Waals surface area contributed by atoms with Crippen LogP contribution in [0, 0.1) is 13.8 Å². The van der Waals surface area contributed by atoms with Gasteiger partial charge in [0.25, 0.3) is 11.5 Å². The van der Waals surface area contributed by atoms with Gasteiger partial charge in [-0.2, -0.15) is 5.10 Å². The standard InChI is InChI=1S/C21H26N4O.C13H18N4O/c1-14-15(2)22-20-13-18(23-25(20)16(14)3)19-11-7-8-12-24(19)21(26)17-9-5-4-6-10-17;1-8-9(2)15-12-7-11(16-17(12)13(8)18)10-5-3-4-6-14-10/h4-6,9-10,13,16,19,22H,7-8,11-12H2,1-3H3;7,10,14,16H,3-6H2,1-2H3/t16?,19-;10-/m00/s1. The minimum Gasteiger partial charge on any atom is -0.344 e. The normalized spacial score (nSPS) is 21.8. The van der Waals surface area contributed by atoms with Crippen LogP contribution in [0.2, 0.25) is 0 Å². The molecule has 6 heterocycles. The number of benzene rings is 1. The number of allylic oxidation sites excluding steroid dienone is 2. The number of carbonyl (C=O) groups excluding carboxylic acids is 1. The van der Waals surface area contributed by atoms with Gasteiger partial charge in [-0.05, 0) is 91.0 Å². The summed E-state index contributed by atoms with van der Waals surface area (Å²) >= 11 is 0. The summed E-state index contributed by atoms with van der Waals surface area (Å²) in [5.41, 5.74) is 7.52. The summed E-state index contributed by atoms with van der Waals surface area (Å²) in [6, 6.07) is 14.3. The number of anilines is 1. The fraction of sp³-hybridized carbons (Fsp3) is 0.471. The Hall–Kier alpha value is -4.18. The van der Waals surface area contributed by atoms with E-state index in [0.717, 1.165) is 67.2 Å². The van der Waals surface area contributed by atoms with E-state index in [4.69, 9.17) is 5.10 Å². The number of aryl methyl sites for hydroxylation is 1. The number of rotatable bonds is 3. The van der Waals surface area contributed by atoms with E-state index in [-0.39, 0.29) is 23.6 Å². The van der Waals surface area contributed by atoms with Crippen LogP contribution in [-0.4, -0.2) is 48.3 Å². The van der Waals surface area contributed by atoms with E-state index in [0.29, 0.717) is 17.3 Å². The molecule has 7 rings (SSSR count). The molecule has 0 spiro atoms. The van der Waals surface area contributed by atoms with E-state index in [1.165, 1.54) is 24.1 Å². The second-order valence-electron chi connectivity index (χ2n) is 12.4. The number of H-pyrrole nitrogens is 1. The number of likely N-dealkylation sites (tertiary alicyclic amines) is 1. The summed E-state index contributed by atoms with van der Waals surface area (Å²) in [7, 11) is 0. The lowest BCUT2D eigenvalue weighted by Gasteiger charge is -2.35. The van der Waals surface area contributed by atoms with Gasteiger partial charge in [-0.1, -0.05) is 24.6 Å². The zero-order valence-electron chi connectivity index (χ0n) is 26.5. The van der Waals surface area contributed by atoms with Crippen molar-refractivity contribution >= 4 is 17.4 Å². The zero-order chi connectivity index (χ0) is 31.0. The van der Waals surface area contributed by atoms with Gasteiger partial charge in [-0.25, -0.2) is 14.2 Å². The Balaban J connectivity index is 0.000000167. The van der Waals surface area contributed by atoms with Crippen LogP contribution < -0.4 is 16.2 Å². The van der Waals surface area contributed by atoms with E-state index in [1.54, 1.807) is 4.52 Å². The average Bonchev–Trinajstić information content (AvgIpc) is 3.68. The van der Waals surface area contributed by atoms with Crippen LogP contribution in [0.3, 0.4) is 0 Å². The summed E-state index contributed by atoms with van der Waals surface area (Å²) in [6.45, 7) is 11.9. The molecule has 0 bridgehead atoms. The number of nitrogens with zero attached hydrogens (tertiary/aromatic N) is 5. The van der Waals surface area contributed by atoms with E-state index in [2.05, 4.69) is 52.2 Å². The maximum Gasteiger partial charge on any atom is 0.275 e. The first-order chi connectivity index (χ1) is 21.2. The Morgan fingerprint density at radius 3 is 2.50 bits per heavy atom. The number of hydrogen-bond donors (Lipinski definition) is 3. The van der Waals surface area contributed by atoms with Gasteiger partial charge in [0.15, 0.2) is 5.65 Å². The third-order valence-electron chi connectivity index (χ3n) is 9.57. The summed E-state index contributed by atoms with van der Waals surface area (Å²) in [5.74, 6) is 1.13. The molecule has 0 radical (unpaired) electrons. The van der Waals surface area contributed by atoms with Crippen LogP contribution in [0.4, 0.5) is 5.82 Å². The topological polar surface area (TPSA) is 112 Å². The van der Waals surface area contributed by atoms with E-state index in [1.807, 2.05) is 55.1 Å². The fourth-order valence-corrected chi connectivity index (χ4v) is 6.51. The Bertz CT molecular complexity index is 1740. The van der Waals surface area contributed by atoms with Crippen LogP contribution in [0.25, 0.3) is 5.65 Å². The first-order valence-electron chi connectivity index (χ1n) is 15.9. The van der Waals surface area contributed by atoms with Crippen molar-refractivity contribution in [1.29, 1.82) is 0 Å². The van der Waals surface area contributed by atoms with Gasteiger partial charge in [-0.3, -0.25) is 14.7 Å². The molecule has 1 amide bonds. The molecule has 4 aromatic rings. The Labute approximate surface area is 258 Å². The number of amides is 1. The Kier molecular flexibility index (Phi) is 8.44. The third kappa shape index (κ3) is 5.70. The predicted octanol–water partition coefficient (Wildman–Crippen LogP) is 5.98. The quantitative estimate of drug-likeness (QED) is 0.268. The molecule has 2 saturated heterocycles. The van der Waals surface area contributed by atoms with Crippen molar-refractivity contribution in [3.05, 3.63) is 92.3 Å². The van der Waals surface area contributed by atoms with Crippen molar-refractivity contribution in [3.63, 3.8) is 0 Å². The second-order valence-corrected chi connectivity index (χ2v) is 12.4. The zero-order valence-corrected chi connectivity index (χ0v) is 26.5. The number of hydrogen-bond acceptors (Lipinski definition) is 6.